The van der Waals surface area contributed by atoms with Crippen LogP contribution in [0.25, 0.3) is 0 Å². The molecule has 0 atom stereocenters. The van der Waals surface area contributed by atoms with Gasteiger partial charge in [0.15, 0.2) is 5.78 Å². The third-order valence-corrected chi connectivity index (χ3v) is 4.14. The van der Waals surface area contributed by atoms with Gasteiger partial charge in [-0.1, -0.05) is 51.9 Å². The lowest BCUT2D eigenvalue weighted by molar-refractivity contribution is -0.140. The zero-order valence-corrected chi connectivity index (χ0v) is 15.9. The number of esters is 1. The molecule has 0 radical (unpaired) electrons. The van der Waals surface area contributed by atoms with Crippen LogP contribution in [0.5, 0.6) is 0 Å². The van der Waals surface area contributed by atoms with Gasteiger partial charge in [0, 0.05) is 25.3 Å². The van der Waals surface area contributed by atoms with Crippen molar-refractivity contribution in [2.45, 2.75) is 90.4 Å². The number of rotatable bonds is 16. The normalized spacial score (nSPS) is 11.4. The fourth-order valence-electron chi connectivity index (χ4n) is 2.59. The summed E-state index contributed by atoms with van der Waals surface area (Å²) in [6, 6.07) is 0. The van der Waals surface area contributed by atoms with Crippen LogP contribution in [0.15, 0.2) is 11.8 Å². The first-order valence-corrected chi connectivity index (χ1v) is 9.48. The molecule has 0 aromatic carbocycles. The van der Waals surface area contributed by atoms with Gasteiger partial charge in [0.05, 0.1) is 20.0 Å². The molecule has 0 bridgehead atoms. The van der Waals surface area contributed by atoms with Crippen molar-refractivity contribution in [1.82, 2.24) is 0 Å². The highest BCUT2D eigenvalue weighted by molar-refractivity contribution is 5.89. The van der Waals surface area contributed by atoms with Crippen molar-refractivity contribution in [2.75, 3.05) is 14.2 Å². The minimum absolute atomic E-state index is 0.144. The van der Waals surface area contributed by atoms with E-state index in [1.54, 1.807) is 13.2 Å². The summed E-state index contributed by atoms with van der Waals surface area (Å²) in [6.07, 6.45) is 14.6. The number of allylic oxidation sites excluding steroid dienone is 2. The van der Waals surface area contributed by atoms with Gasteiger partial charge in [-0.15, -0.1) is 0 Å². The summed E-state index contributed by atoms with van der Waals surface area (Å²) < 4.78 is 9.92. The van der Waals surface area contributed by atoms with E-state index >= 15 is 0 Å². The summed E-state index contributed by atoms with van der Waals surface area (Å²) in [5.41, 5.74) is 0. The topological polar surface area (TPSA) is 52.6 Å². The molecular formula is C20H36O4. The molecule has 0 fully saturated rings. The van der Waals surface area contributed by atoms with Crippen LogP contribution in [-0.2, 0) is 19.1 Å². The zero-order chi connectivity index (χ0) is 18.0. The largest absolute Gasteiger partial charge is 0.501 e. The van der Waals surface area contributed by atoms with Crippen molar-refractivity contribution in [2.24, 2.45) is 0 Å². The highest BCUT2D eigenvalue weighted by Gasteiger charge is 2.04. The molecule has 0 saturated carbocycles. The maximum Gasteiger partial charge on any atom is 0.305 e. The molecule has 0 aliphatic heterocycles. The van der Waals surface area contributed by atoms with Crippen molar-refractivity contribution in [3.63, 3.8) is 0 Å². The van der Waals surface area contributed by atoms with Crippen LogP contribution in [0.2, 0.25) is 0 Å². The summed E-state index contributed by atoms with van der Waals surface area (Å²) >= 11 is 0. The molecule has 0 unspecified atom stereocenters. The maximum absolute atomic E-state index is 11.9. The van der Waals surface area contributed by atoms with Crippen LogP contribution < -0.4 is 0 Å². The third-order valence-electron chi connectivity index (χ3n) is 4.14. The quantitative estimate of drug-likeness (QED) is 0.164. The monoisotopic (exact) mass is 340 g/mol. The summed E-state index contributed by atoms with van der Waals surface area (Å²) in [5.74, 6) is 0.792. The van der Waals surface area contributed by atoms with E-state index in [4.69, 9.17) is 4.74 Å². The molecule has 0 aliphatic carbocycles. The van der Waals surface area contributed by atoms with Crippen LogP contribution >= 0.6 is 0 Å². The Morgan fingerprint density at radius 2 is 1.25 bits per heavy atom. The third kappa shape index (κ3) is 14.3. The number of carbonyl (C=O) groups excluding carboxylic acids is 2. The Kier molecular flexibility index (Phi) is 15.6. The van der Waals surface area contributed by atoms with E-state index in [1.807, 2.05) is 0 Å². The van der Waals surface area contributed by atoms with Crippen LogP contribution in [0.3, 0.4) is 0 Å². The molecule has 4 nitrogen and oxygen atoms in total. The standard InChI is InChI=1S/C20H36O4/c1-4-5-6-7-8-12-15-19(23-2)17-18(21)14-11-9-10-13-16-20(22)24-3/h17H,4-16H2,1-3H3. The summed E-state index contributed by atoms with van der Waals surface area (Å²) in [4.78, 5) is 22.9. The average Bonchev–Trinajstić information content (AvgIpc) is 2.59. The van der Waals surface area contributed by atoms with Crippen molar-refractivity contribution in [1.29, 1.82) is 0 Å². The van der Waals surface area contributed by atoms with Gasteiger partial charge in [0.2, 0.25) is 0 Å². The molecule has 0 aliphatic rings. The number of ether oxygens (including phenoxy) is 2. The van der Waals surface area contributed by atoms with E-state index in [9.17, 15) is 9.59 Å². The summed E-state index contributed by atoms with van der Waals surface area (Å²) in [7, 11) is 3.05. The van der Waals surface area contributed by atoms with Gasteiger partial charge < -0.3 is 9.47 Å². The predicted molar refractivity (Wildman–Crippen MR) is 97.8 cm³/mol. The number of hydrogen-bond donors (Lipinski definition) is 0. The van der Waals surface area contributed by atoms with Gasteiger partial charge in [-0.2, -0.15) is 0 Å². The van der Waals surface area contributed by atoms with Crippen molar-refractivity contribution in [3.8, 4) is 0 Å². The number of carbonyl (C=O) groups is 2. The highest BCUT2D eigenvalue weighted by Crippen LogP contribution is 2.13. The van der Waals surface area contributed by atoms with E-state index in [2.05, 4.69) is 11.7 Å². The van der Waals surface area contributed by atoms with Gasteiger partial charge >= 0.3 is 5.97 Å². The smallest absolute Gasteiger partial charge is 0.305 e. The minimum atomic E-state index is -0.159. The second kappa shape index (κ2) is 16.5. The maximum atomic E-state index is 11.9. The molecule has 24 heavy (non-hydrogen) atoms. The lowest BCUT2D eigenvalue weighted by Gasteiger charge is -2.06. The van der Waals surface area contributed by atoms with Gasteiger partial charge in [-0.25, -0.2) is 0 Å². The minimum Gasteiger partial charge on any atom is -0.501 e. The van der Waals surface area contributed by atoms with Crippen LogP contribution in [0.4, 0.5) is 0 Å². The average molecular weight is 341 g/mol. The summed E-state index contributed by atoms with van der Waals surface area (Å²) in [5, 5.41) is 0. The lowest BCUT2D eigenvalue weighted by Crippen LogP contribution is -2.00. The molecule has 0 N–H and O–H groups in total. The molecular weight excluding hydrogens is 304 g/mol. The Balaban J connectivity index is 3.74. The van der Waals surface area contributed by atoms with Crippen molar-refractivity contribution in [3.05, 3.63) is 11.8 Å². The number of hydrogen-bond acceptors (Lipinski definition) is 4. The molecule has 0 rings (SSSR count). The van der Waals surface area contributed by atoms with E-state index in [0.29, 0.717) is 12.8 Å². The Morgan fingerprint density at radius 3 is 1.83 bits per heavy atom. The molecule has 0 spiro atoms. The van der Waals surface area contributed by atoms with Gasteiger partial charge in [-0.3, -0.25) is 9.59 Å². The SMILES string of the molecule is CCCCCCCCC(=CC(=O)CCCCCCC(=O)OC)OC. The van der Waals surface area contributed by atoms with Crippen LogP contribution in [0, 0.1) is 0 Å². The number of ketones is 1. The molecule has 4 heteroatoms. The second-order valence-electron chi connectivity index (χ2n) is 6.29. The highest BCUT2D eigenvalue weighted by atomic mass is 16.5. The predicted octanol–water partition coefficient (Wildman–Crippen LogP) is 5.35. The fraction of sp³-hybridized carbons (Fsp3) is 0.800. The van der Waals surface area contributed by atoms with E-state index in [1.165, 1.54) is 39.2 Å². The van der Waals surface area contributed by atoms with Crippen LogP contribution in [0.1, 0.15) is 90.4 Å². The van der Waals surface area contributed by atoms with Crippen LogP contribution in [-0.4, -0.2) is 26.0 Å². The Bertz CT molecular complexity index is 361. The van der Waals surface area contributed by atoms with Gasteiger partial charge in [-0.05, 0) is 19.3 Å². The Morgan fingerprint density at radius 1 is 0.708 bits per heavy atom. The number of methoxy groups -OCH3 is 2. The van der Waals surface area contributed by atoms with E-state index in [-0.39, 0.29) is 11.8 Å². The Hall–Kier alpha value is -1.32. The first kappa shape index (κ1) is 22.7. The molecule has 140 valence electrons. The molecule has 0 heterocycles. The van der Waals surface area contributed by atoms with E-state index in [0.717, 1.165) is 44.3 Å². The number of unbranched alkanes of at least 4 members (excludes halogenated alkanes) is 8. The first-order chi connectivity index (χ1) is 11.6. The molecule has 0 aromatic rings. The molecule has 0 aromatic heterocycles. The summed E-state index contributed by atoms with van der Waals surface area (Å²) in [6.45, 7) is 2.22. The fourth-order valence-corrected chi connectivity index (χ4v) is 2.59. The Labute approximate surface area is 148 Å². The second-order valence-corrected chi connectivity index (χ2v) is 6.29. The molecule has 0 amide bonds. The molecule has 0 saturated heterocycles. The van der Waals surface area contributed by atoms with Crippen molar-refractivity contribution >= 4 is 11.8 Å². The lowest BCUT2D eigenvalue weighted by atomic mass is 10.1. The van der Waals surface area contributed by atoms with E-state index < -0.39 is 0 Å². The zero-order valence-electron chi connectivity index (χ0n) is 15.9. The van der Waals surface area contributed by atoms with Gasteiger partial charge in [0.25, 0.3) is 0 Å². The first-order valence-electron chi connectivity index (χ1n) is 9.48. The van der Waals surface area contributed by atoms with Gasteiger partial charge in [0.1, 0.15) is 0 Å². The van der Waals surface area contributed by atoms with Crippen molar-refractivity contribution < 1.29 is 19.1 Å².